The number of nitrogens with zero attached hydrogens (tertiary/aromatic N) is 3. The van der Waals surface area contributed by atoms with E-state index in [-0.39, 0.29) is 11.7 Å². The zero-order valence-corrected chi connectivity index (χ0v) is 14.6. The second-order valence-electron chi connectivity index (χ2n) is 5.93. The minimum absolute atomic E-state index is 0.159. The molecule has 3 aromatic rings. The molecule has 0 aliphatic carbocycles. The number of methoxy groups -OCH3 is 1. The van der Waals surface area contributed by atoms with Crippen molar-refractivity contribution in [3.8, 4) is 22.7 Å². The Labute approximate surface area is 155 Å². The third-order valence-corrected chi connectivity index (χ3v) is 4.21. The Kier molecular flexibility index (Phi) is 4.18. The monoisotopic (exact) mass is 359 g/mol. The Morgan fingerprint density at radius 2 is 1.85 bits per heavy atom. The molecule has 0 atom stereocenters. The summed E-state index contributed by atoms with van der Waals surface area (Å²) in [5.41, 5.74) is 11.8. The van der Waals surface area contributed by atoms with Gasteiger partial charge >= 0.3 is 0 Å². The number of hydrogen-bond donors (Lipinski definition) is 2. The molecule has 1 amide bonds. The van der Waals surface area contributed by atoms with Crippen LogP contribution in [-0.4, -0.2) is 28.6 Å². The van der Waals surface area contributed by atoms with E-state index in [0.717, 1.165) is 28.4 Å². The lowest BCUT2D eigenvalue weighted by Crippen LogP contribution is -2.17. The molecule has 1 aliphatic rings. The Bertz CT molecular complexity index is 1050. The first-order valence-corrected chi connectivity index (χ1v) is 8.31. The first-order valence-electron chi connectivity index (χ1n) is 8.31. The quantitative estimate of drug-likeness (QED) is 0.699. The third kappa shape index (κ3) is 3.18. The van der Waals surface area contributed by atoms with Gasteiger partial charge in [-0.25, -0.2) is 10.1 Å². The number of hydrazone groups is 1. The summed E-state index contributed by atoms with van der Waals surface area (Å²) in [7, 11) is 1.63. The molecule has 4 rings (SSSR count). The largest absolute Gasteiger partial charge is 0.497 e. The van der Waals surface area contributed by atoms with Crippen LogP contribution in [0.25, 0.3) is 23.0 Å². The molecule has 7 nitrogen and oxygen atoms in total. The predicted molar refractivity (Wildman–Crippen MR) is 103 cm³/mol. The SMILES string of the molecule is COc1ccc(-c2cc(/C=C3\C(=O)NN=C3N)n(-c3ccccc3)n2)cc1. The maximum absolute atomic E-state index is 12.0. The highest BCUT2D eigenvalue weighted by atomic mass is 16.5. The maximum atomic E-state index is 12.0. The van der Waals surface area contributed by atoms with Crippen LogP contribution in [0.4, 0.5) is 0 Å². The van der Waals surface area contributed by atoms with Crippen molar-refractivity contribution < 1.29 is 9.53 Å². The Hall–Kier alpha value is -3.87. The number of carbonyl (C=O) groups is 1. The van der Waals surface area contributed by atoms with Crippen LogP contribution in [0.2, 0.25) is 0 Å². The number of aromatic nitrogens is 2. The smallest absolute Gasteiger partial charge is 0.275 e. The first-order chi connectivity index (χ1) is 13.2. The minimum atomic E-state index is -0.334. The van der Waals surface area contributed by atoms with Crippen LogP contribution >= 0.6 is 0 Å². The molecule has 27 heavy (non-hydrogen) atoms. The highest BCUT2D eigenvalue weighted by Gasteiger charge is 2.21. The summed E-state index contributed by atoms with van der Waals surface area (Å²) < 4.78 is 6.98. The van der Waals surface area contributed by atoms with Crippen molar-refractivity contribution in [2.24, 2.45) is 10.8 Å². The van der Waals surface area contributed by atoms with E-state index in [1.54, 1.807) is 17.9 Å². The van der Waals surface area contributed by atoms with E-state index in [2.05, 4.69) is 10.5 Å². The molecular formula is C20H17N5O2. The van der Waals surface area contributed by atoms with Gasteiger partial charge < -0.3 is 10.5 Å². The molecule has 0 radical (unpaired) electrons. The normalized spacial score (nSPS) is 14.9. The lowest BCUT2D eigenvalue weighted by atomic mass is 10.1. The number of carbonyl (C=O) groups excluding carboxylic acids is 1. The van der Waals surface area contributed by atoms with Gasteiger partial charge in [0.2, 0.25) is 0 Å². The molecule has 0 spiro atoms. The molecule has 1 aliphatic heterocycles. The van der Waals surface area contributed by atoms with Gasteiger partial charge in [0.25, 0.3) is 5.91 Å². The summed E-state index contributed by atoms with van der Waals surface area (Å²) in [5.74, 6) is 0.598. The van der Waals surface area contributed by atoms with Crippen LogP contribution in [0, 0.1) is 0 Å². The lowest BCUT2D eigenvalue weighted by Gasteiger charge is -2.05. The number of nitrogens with two attached hydrogens (primary N) is 1. The van der Waals surface area contributed by atoms with Crippen LogP contribution in [-0.2, 0) is 4.79 Å². The summed E-state index contributed by atoms with van der Waals surface area (Å²) >= 11 is 0. The van der Waals surface area contributed by atoms with E-state index in [1.165, 1.54) is 0 Å². The minimum Gasteiger partial charge on any atom is -0.497 e. The number of nitrogens with one attached hydrogen (secondary N) is 1. The van der Waals surface area contributed by atoms with Crippen LogP contribution in [0.15, 0.2) is 71.3 Å². The van der Waals surface area contributed by atoms with Crippen molar-refractivity contribution >= 4 is 17.8 Å². The molecule has 0 fully saturated rings. The molecule has 0 saturated heterocycles. The zero-order chi connectivity index (χ0) is 18.8. The van der Waals surface area contributed by atoms with Crippen molar-refractivity contribution in [3.63, 3.8) is 0 Å². The molecule has 3 N–H and O–H groups in total. The Balaban J connectivity index is 1.83. The van der Waals surface area contributed by atoms with E-state index in [1.807, 2.05) is 60.7 Å². The second-order valence-corrected chi connectivity index (χ2v) is 5.93. The molecule has 2 heterocycles. The van der Waals surface area contributed by atoms with Gasteiger partial charge in [0, 0.05) is 5.56 Å². The average molecular weight is 359 g/mol. The summed E-state index contributed by atoms with van der Waals surface area (Å²) in [6, 6.07) is 19.2. The molecule has 0 bridgehead atoms. The molecule has 7 heteroatoms. The number of amidine groups is 1. The van der Waals surface area contributed by atoms with Gasteiger partial charge in [-0.05, 0) is 48.5 Å². The van der Waals surface area contributed by atoms with Gasteiger partial charge in [-0.2, -0.15) is 10.2 Å². The summed E-state index contributed by atoms with van der Waals surface area (Å²) in [5, 5.41) is 8.48. The van der Waals surface area contributed by atoms with Gasteiger partial charge in [-0.3, -0.25) is 4.79 Å². The number of ether oxygens (including phenoxy) is 1. The zero-order valence-electron chi connectivity index (χ0n) is 14.6. The first kappa shape index (κ1) is 16.6. The fourth-order valence-electron chi connectivity index (χ4n) is 2.81. The molecule has 134 valence electrons. The highest BCUT2D eigenvalue weighted by Crippen LogP contribution is 2.25. The standard InChI is InChI=1S/C20H17N5O2/c1-27-16-9-7-13(8-10-16)18-12-15(11-17-19(21)22-23-20(17)26)25(24-18)14-5-3-2-4-6-14/h2-12H,1H3,(H2,21,22)(H,23,26)/b17-11-. The van der Waals surface area contributed by atoms with Gasteiger partial charge in [-0.1, -0.05) is 18.2 Å². The molecular weight excluding hydrogens is 342 g/mol. The average Bonchev–Trinajstić information content (AvgIpc) is 3.27. The number of benzene rings is 2. The fraction of sp³-hybridized carbons (Fsp3) is 0.0500. The number of amides is 1. The van der Waals surface area contributed by atoms with Crippen LogP contribution in [0.3, 0.4) is 0 Å². The fourth-order valence-corrected chi connectivity index (χ4v) is 2.81. The van der Waals surface area contributed by atoms with E-state index in [0.29, 0.717) is 5.57 Å². The van der Waals surface area contributed by atoms with Crippen molar-refractivity contribution in [2.75, 3.05) is 7.11 Å². The van der Waals surface area contributed by atoms with E-state index >= 15 is 0 Å². The van der Waals surface area contributed by atoms with Crippen LogP contribution in [0.5, 0.6) is 5.75 Å². The lowest BCUT2D eigenvalue weighted by molar-refractivity contribution is -0.116. The highest BCUT2D eigenvalue weighted by molar-refractivity contribution is 6.26. The van der Waals surface area contributed by atoms with Gasteiger partial charge in [-0.15, -0.1) is 0 Å². The van der Waals surface area contributed by atoms with Gasteiger partial charge in [0.15, 0.2) is 5.84 Å². The third-order valence-electron chi connectivity index (χ3n) is 4.21. The van der Waals surface area contributed by atoms with E-state index < -0.39 is 0 Å². The van der Waals surface area contributed by atoms with E-state index in [9.17, 15) is 4.79 Å². The predicted octanol–water partition coefficient (Wildman–Crippen LogP) is 2.33. The van der Waals surface area contributed by atoms with Gasteiger partial charge in [0.05, 0.1) is 29.8 Å². The number of rotatable bonds is 4. The Morgan fingerprint density at radius 1 is 1.11 bits per heavy atom. The molecule has 1 aromatic heterocycles. The van der Waals surface area contributed by atoms with Crippen molar-refractivity contribution in [1.29, 1.82) is 0 Å². The van der Waals surface area contributed by atoms with Crippen LogP contribution in [0.1, 0.15) is 5.69 Å². The molecule has 2 aromatic carbocycles. The topological polar surface area (TPSA) is 94.5 Å². The van der Waals surface area contributed by atoms with Crippen molar-refractivity contribution in [1.82, 2.24) is 15.2 Å². The second kappa shape index (κ2) is 6.80. The Morgan fingerprint density at radius 3 is 2.48 bits per heavy atom. The molecule has 0 saturated carbocycles. The molecule has 0 unspecified atom stereocenters. The summed E-state index contributed by atoms with van der Waals surface area (Å²) in [6.07, 6.45) is 1.69. The number of para-hydroxylation sites is 1. The maximum Gasteiger partial charge on any atom is 0.275 e. The van der Waals surface area contributed by atoms with Gasteiger partial charge in [0.1, 0.15) is 5.75 Å². The van der Waals surface area contributed by atoms with Crippen molar-refractivity contribution in [2.45, 2.75) is 0 Å². The van der Waals surface area contributed by atoms with Crippen molar-refractivity contribution in [3.05, 3.63) is 71.9 Å². The summed E-state index contributed by atoms with van der Waals surface area (Å²) in [4.78, 5) is 12.0. The van der Waals surface area contributed by atoms with E-state index in [4.69, 9.17) is 15.6 Å². The number of hydrogen-bond acceptors (Lipinski definition) is 5. The summed E-state index contributed by atoms with van der Waals surface area (Å²) in [6.45, 7) is 0. The van der Waals surface area contributed by atoms with Crippen LogP contribution < -0.4 is 15.9 Å².